The number of aliphatic imine (C=N–C) groups is 1. The van der Waals surface area contributed by atoms with E-state index in [1.807, 2.05) is 31.2 Å². The molecule has 0 atom stereocenters. The van der Waals surface area contributed by atoms with Crippen LogP contribution in [-0.4, -0.2) is 34.9 Å². The standard InChI is InChI=1S/C19H19ClN2O2S/c1-2-24-17-10-8-16(9-11-17)21-19-22(12-3-13-25-19)18(23)14-4-6-15(20)7-5-14/h4-11H,2-3,12-13H2,1H3. The third-order valence-electron chi connectivity index (χ3n) is 3.70. The number of rotatable bonds is 4. The van der Waals surface area contributed by atoms with E-state index in [9.17, 15) is 4.79 Å². The van der Waals surface area contributed by atoms with Gasteiger partial charge in [-0.15, -0.1) is 0 Å². The van der Waals surface area contributed by atoms with Crippen LogP contribution in [0.2, 0.25) is 5.02 Å². The lowest BCUT2D eigenvalue weighted by Gasteiger charge is -2.27. The lowest BCUT2D eigenvalue weighted by atomic mass is 10.2. The zero-order valence-corrected chi connectivity index (χ0v) is 15.5. The number of hydrogen-bond acceptors (Lipinski definition) is 4. The summed E-state index contributed by atoms with van der Waals surface area (Å²) in [5.41, 5.74) is 1.42. The Hall–Kier alpha value is -1.98. The normalized spacial score (nSPS) is 16.1. The first-order chi connectivity index (χ1) is 12.2. The van der Waals surface area contributed by atoms with Gasteiger partial charge in [0.1, 0.15) is 5.75 Å². The molecule has 0 saturated carbocycles. The number of benzene rings is 2. The average Bonchev–Trinajstić information content (AvgIpc) is 2.64. The van der Waals surface area contributed by atoms with Crippen LogP contribution in [0.5, 0.6) is 5.75 Å². The maximum Gasteiger partial charge on any atom is 0.259 e. The van der Waals surface area contributed by atoms with Gasteiger partial charge in [0.25, 0.3) is 5.91 Å². The van der Waals surface area contributed by atoms with Crippen LogP contribution >= 0.6 is 23.4 Å². The molecule has 0 unspecified atom stereocenters. The van der Waals surface area contributed by atoms with Crippen LogP contribution in [0.3, 0.4) is 0 Å². The summed E-state index contributed by atoms with van der Waals surface area (Å²) in [4.78, 5) is 19.2. The molecule has 1 aliphatic rings. The number of nitrogens with zero attached hydrogens (tertiary/aromatic N) is 2. The van der Waals surface area contributed by atoms with E-state index in [0.29, 0.717) is 23.7 Å². The third-order valence-corrected chi connectivity index (χ3v) is 5.01. The van der Waals surface area contributed by atoms with Crippen LogP contribution in [-0.2, 0) is 0 Å². The van der Waals surface area contributed by atoms with Crippen LogP contribution in [0, 0.1) is 0 Å². The molecule has 130 valence electrons. The van der Waals surface area contributed by atoms with Crippen molar-refractivity contribution in [2.75, 3.05) is 18.9 Å². The van der Waals surface area contributed by atoms with Crippen molar-refractivity contribution >= 4 is 40.1 Å². The number of carbonyl (C=O) groups excluding carboxylic acids is 1. The largest absolute Gasteiger partial charge is 0.494 e. The molecule has 0 bridgehead atoms. The molecule has 0 radical (unpaired) electrons. The fourth-order valence-corrected chi connectivity index (χ4v) is 3.57. The van der Waals surface area contributed by atoms with E-state index in [0.717, 1.165) is 28.8 Å². The Kier molecular flexibility index (Phi) is 6.00. The molecule has 0 aliphatic carbocycles. The number of halogens is 1. The summed E-state index contributed by atoms with van der Waals surface area (Å²) in [7, 11) is 0. The van der Waals surface area contributed by atoms with Crippen molar-refractivity contribution in [3.63, 3.8) is 0 Å². The highest BCUT2D eigenvalue weighted by atomic mass is 35.5. The van der Waals surface area contributed by atoms with Crippen molar-refractivity contribution in [2.45, 2.75) is 13.3 Å². The van der Waals surface area contributed by atoms with Crippen LogP contribution < -0.4 is 4.74 Å². The van der Waals surface area contributed by atoms with Gasteiger partial charge in [0.15, 0.2) is 5.17 Å². The number of thioether (sulfide) groups is 1. The Morgan fingerprint density at radius 1 is 1.20 bits per heavy atom. The number of carbonyl (C=O) groups is 1. The summed E-state index contributed by atoms with van der Waals surface area (Å²) >= 11 is 7.51. The lowest BCUT2D eigenvalue weighted by molar-refractivity contribution is 0.0849. The van der Waals surface area contributed by atoms with Gasteiger partial charge in [-0.2, -0.15) is 0 Å². The van der Waals surface area contributed by atoms with Gasteiger partial charge in [-0.25, -0.2) is 4.99 Å². The van der Waals surface area contributed by atoms with Crippen LogP contribution in [0.1, 0.15) is 23.7 Å². The number of ether oxygens (including phenoxy) is 1. The van der Waals surface area contributed by atoms with E-state index >= 15 is 0 Å². The quantitative estimate of drug-likeness (QED) is 0.755. The summed E-state index contributed by atoms with van der Waals surface area (Å²) in [6.07, 6.45) is 0.951. The van der Waals surface area contributed by atoms with Crippen molar-refractivity contribution in [1.82, 2.24) is 4.90 Å². The molecule has 1 amide bonds. The van der Waals surface area contributed by atoms with Crippen LogP contribution in [0.4, 0.5) is 5.69 Å². The average molecular weight is 375 g/mol. The fraction of sp³-hybridized carbons (Fsp3) is 0.263. The molecule has 1 saturated heterocycles. The monoisotopic (exact) mass is 374 g/mol. The van der Waals surface area contributed by atoms with E-state index in [-0.39, 0.29) is 5.91 Å². The van der Waals surface area contributed by atoms with Gasteiger partial charge in [-0.3, -0.25) is 9.69 Å². The second kappa shape index (κ2) is 8.41. The topological polar surface area (TPSA) is 41.9 Å². The minimum atomic E-state index is -0.0476. The highest BCUT2D eigenvalue weighted by Crippen LogP contribution is 2.25. The Balaban J connectivity index is 1.82. The predicted molar refractivity (Wildman–Crippen MR) is 104 cm³/mol. The van der Waals surface area contributed by atoms with E-state index in [2.05, 4.69) is 4.99 Å². The van der Waals surface area contributed by atoms with Gasteiger partial charge < -0.3 is 4.74 Å². The zero-order valence-electron chi connectivity index (χ0n) is 13.9. The summed E-state index contributed by atoms with van der Waals surface area (Å²) in [5, 5.41) is 1.35. The van der Waals surface area contributed by atoms with E-state index in [1.54, 1.807) is 40.9 Å². The SMILES string of the molecule is CCOc1ccc(N=C2SCCCN2C(=O)c2ccc(Cl)cc2)cc1. The van der Waals surface area contributed by atoms with Gasteiger partial charge >= 0.3 is 0 Å². The van der Waals surface area contributed by atoms with Crippen molar-refractivity contribution in [3.05, 3.63) is 59.1 Å². The smallest absolute Gasteiger partial charge is 0.259 e. The van der Waals surface area contributed by atoms with E-state index in [4.69, 9.17) is 16.3 Å². The number of amidine groups is 1. The van der Waals surface area contributed by atoms with E-state index < -0.39 is 0 Å². The third kappa shape index (κ3) is 4.55. The van der Waals surface area contributed by atoms with Crippen molar-refractivity contribution in [1.29, 1.82) is 0 Å². The molecule has 25 heavy (non-hydrogen) atoms. The molecule has 0 N–H and O–H groups in total. The molecule has 2 aromatic rings. The van der Waals surface area contributed by atoms with Gasteiger partial charge in [-0.1, -0.05) is 23.4 Å². The Morgan fingerprint density at radius 3 is 2.60 bits per heavy atom. The second-order valence-corrected chi connectivity index (χ2v) is 6.99. The molecule has 1 fully saturated rings. The predicted octanol–water partition coefficient (Wildman–Crippen LogP) is 5.01. The first-order valence-electron chi connectivity index (χ1n) is 8.19. The summed E-state index contributed by atoms with van der Waals surface area (Å²) < 4.78 is 5.45. The number of amides is 1. The molecule has 4 nitrogen and oxygen atoms in total. The first-order valence-corrected chi connectivity index (χ1v) is 9.55. The van der Waals surface area contributed by atoms with Gasteiger partial charge in [0, 0.05) is 22.9 Å². The molecule has 1 heterocycles. The van der Waals surface area contributed by atoms with Crippen LogP contribution in [0.15, 0.2) is 53.5 Å². The highest BCUT2D eigenvalue weighted by molar-refractivity contribution is 8.13. The van der Waals surface area contributed by atoms with Crippen molar-refractivity contribution < 1.29 is 9.53 Å². The second-order valence-electron chi connectivity index (χ2n) is 5.49. The highest BCUT2D eigenvalue weighted by Gasteiger charge is 2.24. The summed E-state index contributed by atoms with van der Waals surface area (Å²) in [6.45, 7) is 3.25. The molecule has 3 rings (SSSR count). The van der Waals surface area contributed by atoms with E-state index in [1.165, 1.54) is 0 Å². The Morgan fingerprint density at radius 2 is 1.92 bits per heavy atom. The van der Waals surface area contributed by atoms with Crippen molar-refractivity contribution in [3.8, 4) is 5.75 Å². The Bertz CT molecular complexity index is 760. The summed E-state index contributed by atoms with van der Waals surface area (Å²) in [5.74, 6) is 1.73. The Labute approximate surface area is 156 Å². The van der Waals surface area contributed by atoms with Crippen LogP contribution in [0.25, 0.3) is 0 Å². The van der Waals surface area contributed by atoms with Crippen molar-refractivity contribution in [2.24, 2.45) is 4.99 Å². The molecule has 2 aromatic carbocycles. The summed E-state index contributed by atoms with van der Waals surface area (Å²) in [6, 6.07) is 14.5. The molecular weight excluding hydrogens is 356 g/mol. The molecule has 0 spiro atoms. The molecule has 6 heteroatoms. The van der Waals surface area contributed by atoms with Gasteiger partial charge in [0.05, 0.1) is 12.3 Å². The number of hydrogen-bond donors (Lipinski definition) is 0. The molecule has 0 aromatic heterocycles. The minimum absolute atomic E-state index is 0.0476. The van der Waals surface area contributed by atoms with Gasteiger partial charge in [-0.05, 0) is 61.9 Å². The fourth-order valence-electron chi connectivity index (χ4n) is 2.48. The minimum Gasteiger partial charge on any atom is -0.494 e. The molecular formula is C19H19ClN2O2S. The van der Waals surface area contributed by atoms with Gasteiger partial charge in [0.2, 0.25) is 0 Å². The zero-order chi connectivity index (χ0) is 17.6. The molecule has 1 aliphatic heterocycles. The maximum absolute atomic E-state index is 12.8. The lowest BCUT2D eigenvalue weighted by Crippen LogP contribution is -2.39. The maximum atomic E-state index is 12.8. The first kappa shape index (κ1) is 17.8.